The fourth-order valence-electron chi connectivity index (χ4n) is 3.13. The summed E-state index contributed by atoms with van der Waals surface area (Å²) in [6, 6.07) is 0. The maximum atomic E-state index is 6.54. The predicted octanol–water partition coefficient (Wildman–Crippen LogP) is 5.23. The third-order valence-electron chi connectivity index (χ3n) is 3.84. The van der Waals surface area contributed by atoms with E-state index in [1.54, 1.807) is 0 Å². The molecule has 5 atom stereocenters. The summed E-state index contributed by atoms with van der Waals surface area (Å²) in [5.74, 6) is 0.0530. The lowest BCUT2D eigenvalue weighted by Crippen LogP contribution is -2.35. The molecule has 3 aliphatic carbocycles. The maximum Gasteiger partial charge on any atom is 0.121 e. The second-order valence-corrected chi connectivity index (χ2v) is 7.17. The van der Waals surface area contributed by atoms with Gasteiger partial charge in [-0.15, -0.1) is 23.2 Å². The molecule has 0 heterocycles. The van der Waals surface area contributed by atoms with Gasteiger partial charge < -0.3 is 0 Å². The van der Waals surface area contributed by atoms with E-state index in [4.69, 9.17) is 69.6 Å². The molecule has 16 heavy (non-hydrogen) atoms. The monoisotopic (exact) mass is 336 g/mol. The van der Waals surface area contributed by atoms with Crippen LogP contribution in [0.15, 0.2) is 20.1 Å². The van der Waals surface area contributed by atoms with E-state index in [0.29, 0.717) is 20.1 Å². The molecular weight excluding hydrogens is 333 g/mol. The van der Waals surface area contributed by atoms with E-state index in [9.17, 15) is 0 Å². The maximum absolute atomic E-state index is 6.54. The number of halogens is 6. The third-order valence-corrected chi connectivity index (χ3v) is 7.22. The summed E-state index contributed by atoms with van der Waals surface area (Å²) in [6.45, 7) is 0. The summed E-state index contributed by atoms with van der Waals surface area (Å²) >= 11 is 37.7. The van der Waals surface area contributed by atoms with Crippen LogP contribution in [0.4, 0.5) is 0 Å². The molecule has 0 amide bonds. The Bertz CT molecular complexity index is 439. The molecule has 4 bridgehead atoms. The van der Waals surface area contributed by atoms with E-state index in [2.05, 4.69) is 0 Å². The van der Waals surface area contributed by atoms with Crippen LogP contribution in [0.1, 0.15) is 6.42 Å². The highest BCUT2D eigenvalue weighted by Gasteiger charge is 2.65. The van der Waals surface area contributed by atoms with Gasteiger partial charge in [0.05, 0.1) is 10.1 Å². The van der Waals surface area contributed by atoms with Crippen LogP contribution in [-0.2, 0) is 0 Å². The van der Waals surface area contributed by atoms with Gasteiger partial charge in [0.2, 0.25) is 0 Å². The van der Waals surface area contributed by atoms with E-state index < -0.39 is 4.87 Å². The topological polar surface area (TPSA) is 0 Å². The lowest BCUT2D eigenvalue weighted by atomic mass is 9.81. The van der Waals surface area contributed by atoms with Crippen LogP contribution in [0.25, 0.3) is 0 Å². The van der Waals surface area contributed by atoms with Gasteiger partial charge in [0.15, 0.2) is 0 Å². The SMILES string of the molecule is ClC1=C(Cl)[C@]2(Cl)C(Cl)=C(Cl)[C@H]3[C@H]1[C@H](Cl)C[C@H]32. The zero-order valence-corrected chi connectivity index (χ0v) is 12.3. The number of alkyl halides is 2. The minimum atomic E-state index is -0.942. The average Bonchev–Trinajstić information content (AvgIpc) is 2.64. The predicted molar refractivity (Wildman–Crippen MR) is 70.8 cm³/mol. The van der Waals surface area contributed by atoms with Crippen LogP contribution in [0, 0.1) is 17.8 Å². The number of hydrogen-bond acceptors (Lipinski definition) is 0. The summed E-state index contributed by atoms with van der Waals surface area (Å²) in [7, 11) is 0. The highest BCUT2D eigenvalue weighted by atomic mass is 35.5. The highest BCUT2D eigenvalue weighted by Crippen LogP contribution is 2.69. The Balaban J connectivity index is 2.28. The highest BCUT2D eigenvalue weighted by molar-refractivity contribution is 6.53. The Morgan fingerprint density at radius 1 is 0.938 bits per heavy atom. The molecule has 6 heteroatoms. The van der Waals surface area contributed by atoms with Crippen molar-refractivity contribution < 1.29 is 0 Å². The normalized spacial score (nSPS) is 50.6. The van der Waals surface area contributed by atoms with E-state index in [1.807, 2.05) is 0 Å². The van der Waals surface area contributed by atoms with Gasteiger partial charge in [0, 0.05) is 27.3 Å². The first-order valence-corrected chi connectivity index (χ1v) is 7.17. The first kappa shape index (κ1) is 12.3. The molecule has 0 spiro atoms. The molecule has 88 valence electrons. The van der Waals surface area contributed by atoms with Crippen molar-refractivity contribution in [3.8, 4) is 0 Å². The molecule has 0 N–H and O–H groups in total. The van der Waals surface area contributed by atoms with Gasteiger partial charge in [-0.05, 0) is 12.3 Å². The molecule has 0 aromatic carbocycles. The largest absolute Gasteiger partial charge is 0.122 e. The van der Waals surface area contributed by atoms with E-state index >= 15 is 0 Å². The first-order chi connectivity index (χ1) is 7.40. The van der Waals surface area contributed by atoms with E-state index in [-0.39, 0.29) is 23.1 Å². The van der Waals surface area contributed by atoms with Crippen molar-refractivity contribution >= 4 is 69.6 Å². The molecule has 3 aliphatic rings. The zero-order chi connectivity index (χ0) is 11.8. The minimum Gasteiger partial charge on any atom is -0.122 e. The van der Waals surface area contributed by atoms with Gasteiger partial charge in [-0.1, -0.05) is 46.4 Å². The molecule has 0 unspecified atom stereocenters. The van der Waals surface area contributed by atoms with Crippen molar-refractivity contribution in [2.24, 2.45) is 17.8 Å². The summed E-state index contributed by atoms with van der Waals surface area (Å²) < 4.78 is 0. The molecule has 1 saturated carbocycles. The van der Waals surface area contributed by atoms with Crippen molar-refractivity contribution in [3.63, 3.8) is 0 Å². The van der Waals surface area contributed by atoms with Crippen LogP contribution in [0.3, 0.4) is 0 Å². The molecular formula is C10H6Cl6. The van der Waals surface area contributed by atoms with Gasteiger partial charge >= 0.3 is 0 Å². The van der Waals surface area contributed by atoms with Crippen LogP contribution < -0.4 is 0 Å². The van der Waals surface area contributed by atoms with Crippen LogP contribution in [0.2, 0.25) is 0 Å². The molecule has 1 fully saturated rings. The molecule has 0 aromatic rings. The lowest BCUT2D eigenvalue weighted by molar-refractivity contribution is 0.386. The standard InChI is InChI=1S/C10H6Cl6/c11-3-1-2-4-5(3)7(13)9(15)10(2,16)8(14)6(4)12/h2-5H,1H2/t2-,3-,4-,5-,10-/m1/s1. The summed E-state index contributed by atoms with van der Waals surface area (Å²) in [5.41, 5.74) is 0. The van der Waals surface area contributed by atoms with Crippen molar-refractivity contribution in [1.82, 2.24) is 0 Å². The second-order valence-electron chi connectivity index (χ2n) is 4.45. The van der Waals surface area contributed by atoms with Gasteiger partial charge in [-0.25, -0.2) is 0 Å². The van der Waals surface area contributed by atoms with E-state index in [0.717, 1.165) is 6.42 Å². The third kappa shape index (κ3) is 1.17. The molecule has 3 rings (SSSR count). The second kappa shape index (κ2) is 3.62. The molecule has 0 radical (unpaired) electrons. The fraction of sp³-hybridized carbons (Fsp3) is 0.600. The van der Waals surface area contributed by atoms with Crippen LogP contribution in [-0.4, -0.2) is 10.3 Å². The summed E-state index contributed by atoms with van der Waals surface area (Å²) in [6.07, 6.45) is 0.735. The van der Waals surface area contributed by atoms with Gasteiger partial charge in [0.1, 0.15) is 4.87 Å². The first-order valence-electron chi connectivity index (χ1n) is 4.85. The summed E-state index contributed by atoms with van der Waals surface area (Å²) in [4.78, 5) is -0.942. The van der Waals surface area contributed by atoms with Gasteiger partial charge in [-0.3, -0.25) is 0 Å². The Hall–Kier alpha value is 1.22. The average molecular weight is 339 g/mol. The minimum absolute atomic E-state index is 0.0316. The molecule has 0 saturated heterocycles. The van der Waals surface area contributed by atoms with Crippen molar-refractivity contribution in [1.29, 1.82) is 0 Å². The van der Waals surface area contributed by atoms with Crippen LogP contribution in [0.5, 0.6) is 0 Å². The zero-order valence-electron chi connectivity index (χ0n) is 7.78. The number of rotatable bonds is 0. The molecule has 0 nitrogen and oxygen atoms in total. The Kier molecular flexibility index (Phi) is 2.77. The molecule has 0 aliphatic heterocycles. The quantitative estimate of drug-likeness (QED) is 0.530. The van der Waals surface area contributed by atoms with Gasteiger partial charge in [0.25, 0.3) is 0 Å². The smallest absolute Gasteiger partial charge is 0.121 e. The fourth-order valence-corrected chi connectivity index (χ4v) is 5.84. The summed E-state index contributed by atoms with van der Waals surface area (Å²) in [5, 5.41) is 1.83. The van der Waals surface area contributed by atoms with E-state index in [1.165, 1.54) is 0 Å². The Morgan fingerprint density at radius 2 is 1.44 bits per heavy atom. The lowest BCUT2D eigenvalue weighted by Gasteiger charge is -2.34. The Labute approximate surface area is 123 Å². The molecule has 0 aromatic heterocycles. The van der Waals surface area contributed by atoms with Crippen molar-refractivity contribution in [3.05, 3.63) is 20.1 Å². The van der Waals surface area contributed by atoms with Gasteiger partial charge in [-0.2, -0.15) is 0 Å². The van der Waals surface area contributed by atoms with Crippen LogP contribution >= 0.6 is 69.6 Å². The number of hydrogen-bond donors (Lipinski definition) is 0. The van der Waals surface area contributed by atoms with Crippen molar-refractivity contribution in [2.75, 3.05) is 0 Å². The number of allylic oxidation sites excluding steroid dienone is 4. The van der Waals surface area contributed by atoms with Crippen molar-refractivity contribution in [2.45, 2.75) is 16.7 Å². The Morgan fingerprint density at radius 3 is 2.00 bits per heavy atom.